The minimum Gasteiger partial charge on any atom is -0.304 e. The number of fused-ring (bicyclic) bond motifs is 3. The van der Waals surface area contributed by atoms with Gasteiger partial charge in [0.1, 0.15) is 0 Å². The average molecular weight is 486 g/mol. The third-order valence-electron chi connectivity index (χ3n) is 3.37. The van der Waals surface area contributed by atoms with Gasteiger partial charge in [0.25, 0.3) is 0 Å². The Morgan fingerprint density at radius 1 is 1.39 bits per heavy atom. The summed E-state index contributed by atoms with van der Waals surface area (Å²) < 4.78 is 14.2. The van der Waals surface area contributed by atoms with Crippen molar-refractivity contribution in [2.75, 3.05) is 0 Å². The summed E-state index contributed by atoms with van der Waals surface area (Å²) >= 11 is 3.34. The van der Waals surface area contributed by atoms with Crippen LogP contribution in [0.2, 0.25) is 0 Å². The molecule has 0 spiro atoms. The Hall–Kier alpha value is -0.532. The van der Waals surface area contributed by atoms with Crippen LogP contribution in [-0.4, -0.2) is 4.98 Å². The van der Waals surface area contributed by atoms with Gasteiger partial charge in [-0.2, -0.15) is 0 Å². The van der Waals surface area contributed by atoms with E-state index in [9.17, 15) is 4.39 Å². The SMILES string of the molecule is CC1(C)c2cccnc2-c2[c-]cc(F)c(Br)c21.[Pt]. The predicted octanol–water partition coefficient (Wildman–Crippen LogP) is 4.09. The van der Waals surface area contributed by atoms with Gasteiger partial charge in [-0.05, 0) is 21.6 Å². The van der Waals surface area contributed by atoms with E-state index in [1.54, 1.807) is 6.20 Å². The van der Waals surface area contributed by atoms with E-state index in [4.69, 9.17) is 0 Å². The third kappa shape index (κ3) is 1.71. The van der Waals surface area contributed by atoms with Gasteiger partial charge in [-0.25, -0.2) is 0 Å². The maximum Gasteiger partial charge on any atom is 0.0521 e. The van der Waals surface area contributed by atoms with Crippen LogP contribution in [0.4, 0.5) is 4.39 Å². The molecule has 0 N–H and O–H groups in total. The summed E-state index contributed by atoms with van der Waals surface area (Å²) in [6.45, 7) is 4.16. The number of benzene rings is 1. The number of hydrogen-bond donors (Lipinski definition) is 0. The smallest absolute Gasteiger partial charge is 0.0521 e. The van der Waals surface area contributed by atoms with Crippen molar-refractivity contribution in [1.82, 2.24) is 4.98 Å². The van der Waals surface area contributed by atoms with E-state index in [2.05, 4.69) is 40.8 Å². The molecule has 0 amide bonds. The van der Waals surface area contributed by atoms with Gasteiger partial charge in [-0.3, -0.25) is 4.39 Å². The molecule has 4 heteroatoms. The summed E-state index contributed by atoms with van der Waals surface area (Å²) in [4.78, 5) is 4.39. The van der Waals surface area contributed by atoms with Crippen molar-refractivity contribution in [1.29, 1.82) is 0 Å². The average Bonchev–Trinajstić information content (AvgIpc) is 2.54. The number of aromatic nitrogens is 1. The van der Waals surface area contributed by atoms with Gasteiger partial charge in [0, 0.05) is 27.3 Å². The molecule has 1 aliphatic rings. The molecule has 96 valence electrons. The molecule has 18 heavy (non-hydrogen) atoms. The van der Waals surface area contributed by atoms with Gasteiger partial charge >= 0.3 is 0 Å². The fraction of sp³-hybridized carbons (Fsp3) is 0.214. The van der Waals surface area contributed by atoms with Crippen molar-refractivity contribution in [2.45, 2.75) is 19.3 Å². The molecule has 1 aromatic heterocycles. The van der Waals surface area contributed by atoms with Crippen LogP contribution in [-0.2, 0) is 26.5 Å². The minimum atomic E-state index is -0.273. The summed E-state index contributed by atoms with van der Waals surface area (Å²) in [6, 6.07) is 8.32. The molecular formula is C14H10BrFNPt-. The molecule has 0 aliphatic heterocycles. The second-order valence-electron chi connectivity index (χ2n) is 4.73. The van der Waals surface area contributed by atoms with Crippen molar-refractivity contribution in [3.63, 3.8) is 0 Å². The van der Waals surface area contributed by atoms with E-state index < -0.39 is 0 Å². The normalized spacial score (nSPS) is 14.7. The van der Waals surface area contributed by atoms with E-state index >= 15 is 0 Å². The van der Waals surface area contributed by atoms with Crippen LogP contribution in [0.5, 0.6) is 0 Å². The van der Waals surface area contributed by atoms with E-state index in [-0.39, 0.29) is 32.3 Å². The van der Waals surface area contributed by atoms with Gasteiger partial charge in [-0.15, -0.1) is 23.3 Å². The molecule has 1 aromatic carbocycles. The van der Waals surface area contributed by atoms with Crippen LogP contribution >= 0.6 is 15.9 Å². The van der Waals surface area contributed by atoms with E-state index in [0.717, 1.165) is 22.4 Å². The molecule has 1 aliphatic carbocycles. The van der Waals surface area contributed by atoms with Crippen molar-refractivity contribution >= 4 is 15.9 Å². The molecular weight excluding hydrogens is 476 g/mol. The molecule has 0 saturated heterocycles. The van der Waals surface area contributed by atoms with Crippen molar-refractivity contribution in [3.8, 4) is 11.3 Å². The summed E-state index contributed by atoms with van der Waals surface area (Å²) in [5.41, 5.74) is 3.63. The maximum atomic E-state index is 13.6. The standard InChI is InChI=1S/C14H10BrFN.Pt/c1-14(2)9-4-3-7-17-13(9)8-5-6-10(16)12(15)11(8)14;/h3-4,6-7H,1-2H3;/q-1;. The van der Waals surface area contributed by atoms with Gasteiger partial charge in [0.2, 0.25) is 0 Å². The van der Waals surface area contributed by atoms with Gasteiger partial charge in [0.15, 0.2) is 0 Å². The van der Waals surface area contributed by atoms with Crippen LogP contribution in [0, 0.1) is 11.9 Å². The van der Waals surface area contributed by atoms with E-state index in [1.165, 1.54) is 6.07 Å². The molecule has 3 rings (SSSR count). The monoisotopic (exact) mass is 485 g/mol. The summed E-state index contributed by atoms with van der Waals surface area (Å²) in [5.74, 6) is -0.273. The Labute approximate surface area is 128 Å². The van der Waals surface area contributed by atoms with E-state index in [0.29, 0.717) is 4.47 Å². The number of pyridine rings is 1. The zero-order valence-electron chi connectivity index (χ0n) is 9.83. The minimum absolute atomic E-state index is 0. The number of hydrogen-bond acceptors (Lipinski definition) is 1. The molecule has 1 nitrogen and oxygen atoms in total. The second-order valence-corrected chi connectivity index (χ2v) is 5.52. The predicted molar refractivity (Wildman–Crippen MR) is 68.3 cm³/mol. The van der Waals surface area contributed by atoms with Crippen molar-refractivity contribution < 1.29 is 25.5 Å². The van der Waals surface area contributed by atoms with Crippen LogP contribution in [0.15, 0.2) is 28.9 Å². The fourth-order valence-electron chi connectivity index (χ4n) is 2.52. The number of nitrogens with zero attached hydrogens (tertiary/aromatic N) is 1. The van der Waals surface area contributed by atoms with Crippen LogP contribution in [0.1, 0.15) is 25.0 Å². The van der Waals surface area contributed by atoms with Gasteiger partial charge in [0.05, 0.1) is 5.82 Å². The Morgan fingerprint density at radius 2 is 2.11 bits per heavy atom. The molecule has 0 unspecified atom stereocenters. The van der Waals surface area contributed by atoms with Gasteiger partial charge < -0.3 is 4.98 Å². The zero-order chi connectivity index (χ0) is 12.2. The first-order chi connectivity index (χ1) is 8.03. The second kappa shape index (κ2) is 4.54. The summed E-state index contributed by atoms with van der Waals surface area (Å²) in [6.07, 6.45) is 1.76. The molecule has 0 bridgehead atoms. The molecule has 2 aromatic rings. The molecule has 1 heterocycles. The first-order valence-electron chi connectivity index (χ1n) is 5.39. The zero-order valence-corrected chi connectivity index (χ0v) is 13.7. The summed E-state index contributed by atoms with van der Waals surface area (Å²) in [5, 5.41) is 0. The third-order valence-corrected chi connectivity index (χ3v) is 4.14. The van der Waals surface area contributed by atoms with Crippen LogP contribution in [0.25, 0.3) is 11.3 Å². The van der Waals surface area contributed by atoms with Gasteiger partial charge in [-0.1, -0.05) is 41.4 Å². The molecule has 0 atom stereocenters. The Balaban J connectivity index is 0.00000120. The van der Waals surface area contributed by atoms with Crippen LogP contribution in [0.3, 0.4) is 0 Å². The fourth-order valence-corrected chi connectivity index (χ4v) is 3.33. The Kier molecular flexibility index (Phi) is 3.50. The van der Waals surface area contributed by atoms with Crippen molar-refractivity contribution in [3.05, 3.63) is 51.9 Å². The first kappa shape index (κ1) is 13.9. The Bertz CT molecular complexity index is 625. The first-order valence-corrected chi connectivity index (χ1v) is 6.19. The van der Waals surface area contributed by atoms with E-state index in [1.807, 2.05) is 12.1 Å². The maximum absolute atomic E-state index is 13.6. The largest absolute Gasteiger partial charge is 0.304 e. The number of halogens is 2. The quantitative estimate of drug-likeness (QED) is 0.512. The van der Waals surface area contributed by atoms with Crippen LogP contribution < -0.4 is 0 Å². The molecule has 0 radical (unpaired) electrons. The molecule has 0 fully saturated rings. The topological polar surface area (TPSA) is 12.9 Å². The van der Waals surface area contributed by atoms with Crippen molar-refractivity contribution in [2.24, 2.45) is 0 Å². The number of rotatable bonds is 0. The Morgan fingerprint density at radius 3 is 2.83 bits per heavy atom. The molecule has 0 saturated carbocycles. The summed E-state index contributed by atoms with van der Waals surface area (Å²) in [7, 11) is 0.